The highest BCUT2D eigenvalue weighted by molar-refractivity contribution is 7.86. The second-order valence-electron chi connectivity index (χ2n) is 4.16. The van der Waals surface area contributed by atoms with Crippen LogP contribution in [0.3, 0.4) is 0 Å². The molecule has 1 fully saturated rings. The molecule has 6 nitrogen and oxygen atoms in total. The number of carboxylic acid groups (broad SMARTS) is 1. The van der Waals surface area contributed by atoms with Crippen LogP contribution in [0.15, 0.2) is 0 Å². The van der Waals surface area contributed by atoms with Crippen LogP contribution in [0.25, 0.3) is 0 Å². The zero-order valence-electron chi connectivity index (χ0n) is 9.80. The average Bonchev–Trinajstić information content (AvgIpc) is 2.62. The lowest BCUT2D eigenvalue weighted by Gasteiger charge is -2.34. The molecule has 0 bridgehead atoms. The minimum Gasteiger partial charge on any atom is -0.480 e. The standard InChI is InChI=1S/C9H18N2O4S/c1-4-9(8(12)13)6-5-7-11(9)16(14,15)10(2)3/h4-7H2,1-3H3,(H,12,13). The van der Waals surface area contributed by atoms with Crippen molar-refractivity contribution in [2.45, 2.75) is 31.7 Å². The van der Waals surface area contributed by atoms with E-state index in [0.717, 1.165) is 8.61 Å². The van der Waals surface area contributed by atoms with E-state index in [1.165, 1.54) is 14.1 Å². The molecule has 1 rings (SSSR count). The smallest absolute Gasteiger partial charge is 0.325 e. The minimum atomic E-state index is -3.66. The van der Waals surface area contributed by atoms with Gasteiger partial charge in [-0.25, -0.2) is 0 Å². The van der Waals surface area contributed by atoms with Crippen molar-refractivity contribution in [1.29, 1.82) is 0 Å². The van der Waals surface area contributed by atoms with Gasteiger partial charge in [-0.3, -0.25) is 4.79 Å². The highest BCUT2D eigenvalue weighted by Gasteiger charge is 2.52. The summed E-state index contributed by atoms with van der Waals surface area (Å²) >= 11 is 0. The molecule has 94 valence electrons. The second-order valence-corrected chi connectivity index (χ2v) is 6.22. The normalized spacial score (nSPS) is 27.5. The van der Waals surface area contributed by atoms with Gasteiger partial charge in [0.15, 0.2) is 0 Å². The average molecular weight is 250 g/mol. The van der Waals surface area contributed by atoms with Crippen LogP contribution in [0.2, 0.25) is 0 Å². The van der Waals surface area contributed by atoms with Crippen LogP contribution in [0.1, 0.15) is 26.2 Å². The number of rotatable bonds is 4. The molecular formula is C9H18N2O4S. The van der Waals surface area contributed by atoms with E-state index < -0.39 is 21.7 Å². The summed E-state index contributed by atoms with van der Waals surface area (Å²) in [6, 6.07) is 0. The molecule has 0 aliphatic carbocycles. The van der Waals surface area contributed by atoms with Gasteiger partial charge in [-0.05, 0) is 19.3 Å². The van der Waals surface area contributed by atoms with E-state index in [1.54, 1.807) is 6.92 Å². The third-order valence-electron chi connectivity index (χ3n) is 3.15. The number of hydrogen-bond acceptors (Lipinski definition) is 3. The van der Waals surface area contributed by atoms with Crippen molar-refractivity contribution in [3.63, 3.8) is 0 Å². The summed E-state index contributed by atoms with van der Waals surface area (Å²) < 4.78 is 26.2. The largest absolute Gasteiger partial charge is 0.480 e. The molecular weight excluding hydrogens is 232 g/mol. The Morgan fingerprint density at radius 2 is 2.06 bits per heavy atom. The summed E-state index contributed by atoms with van der Waals surface area (Å²) in [6.07, 6.45) is 1.26. The summed E-state index contributed by atoms with van der Waals surface area (Å²) in [5.74, 6) is -1.06. The van der Waals surface area contributed by atoms with Gasteiger partial charge in [-0.2, -0.15) is 17.0 Å². The van der Waals surface area contributed by atoms with Gasteiger partial charge in [0.1, 0.15) is 5.54 Å². The number of nitrogens with zero attached hydrogens (tertiary/aromatic N) is 2. The highest BCUT2D eigenvalue weighted by Crippen LogP contribution is 2.35. The van der Waals surface area contributed by atoms with Crippen LogP contribution in [0, 0.1) is 0 Å². The molecule has 0 aromatic rings. The van der Waals surface area contributed by atoms with Gasteiger partial charge in [-0.15, -0.1) is 0 Å². The van der Waals surface area contributed by atoms with Crippen molar-refractivity contribution >= 4 is 16.2 Å². The summed E-state index contributed by atoms with van der Waals surface area (Å²) in [6.45, 7) is 1.98. The van der Waals surface area contributed by atoms with E-state index in [0.29, 0.717) is 12.8 Å². The molecule has 1 unspecified atom stereocenters. The van der Waals surface area contributed by atoms with E-state index >= 15 is 0 Å². The molecule has 1 aliphatic rings. The fourth-order valence-electron chi connectivity index (χ4n) is 2.11. The molecule has 1 atom stereocenters. The van der Waals surface area contributed by atoms with E-state index in [-0.39, 0.29) is 13.0 Å². The lowest BCUT2D eigenvalue weighted by molar-refractivity contribution is -0.147. The Morgan fingerprint density at radius 1 is 1.50 bits per heavy atom. The zero-order valence-corrected chi connectivity index (χ0v) is 10.6. The second kappa shape index (κ2) is 4.31. The molecule has 0 aromatic carbocycles. The molecule has 1 N–H and O–H groups in total. The maximum Gasteiger partial charge on any atom is 0.325 e. The first-order valence-electron chi connectivity index (χ1n) is 5.22. The molecule has 0 saturated carbocycles. The third kappa shape index (κ3) is 1.83. The zero-order chi connectivity index (χ0) is 12.6. The molecule has 1 saturated heterocycles. The Balaban J connectivity index is 3.19. The first kappa shape index (κ1) is 13.4. The van der Waals surface area contributed by atoms with Crippen molar-refractivity contribution in [2.24, 2.45) is 0 Å². The molecule has 0 aromatic heterocycles. The maximum absolute atomic E-state index is 12.0. The SMILES string of the molecule is CCC1(C(=O)O)CCCN1S(=O)(=O)N(C)C. The van der Waals surface area contributed by atoms with Crippen molar-refractivity contribution < 1.29 is 18.3 Å². The quantitative estimate of drug-likeness (QED) is 0.769. The molecule has 0 spiro atoms. The van der Waals surface area contributed by atoms with Crippen LogP contribution in [-0.2, 0) is 15.0 Å². The van der Waals surface area contributed by atoms with E-state index in [4.69, 9.17) is 0 Å². The predicted molar refractivity (Wildman–Crippen MR) is 59.2 cm³/mol. The van der Waals surface area contributed by atoms with Crippen molar-refractivity contribution in [2.75, 3.05) is 20.6 Å². The van der Waals surface area contributed by atoms with Gasteiger partial charge in [0.25, 0.3) is 10.2 Å². The van der Waals surface area contributed by atoms with Gasteiger partial charge >= 0.3 is 5.97 Å². The Morgan fingerprint density at radius 3 is 2.44 bits per heavy atom. The Labute approximate surface area is 96.0 Å². The molecule has 1 aliphatic heterocycles. The van der Waals surface area contributed by atoms with Crippen LogP contribution in [0.5, 0.6) is 0 Å². The van der Waals surface area contributed by atoms with Crippen molar-refractivity contribution in [1.82, 2.24) is 8.61 Å². The number of carboxylic acids is 1. The number of carbonyl (C=O) groups is 1. The highest BCUT2D eigenvalue weighted by atomic mass is 32.2. The Bertz CT molecular complexity index is 379. The van der Waals surface area contributed by atoms with E-state index in [1.807, 2.05) is 0 Å². The number of hydrogen-bond donors (Lipinski definition) is 1. The Hall–Kier alpha value is -0.660. The lowest BCUT2D eigenvalue weighted by atomic mass is 9.95. The van der Waals surface area contributed by atoms with Gasteiger partial charge in [0, 0.05) is 20.6 Å². The van der Waals surface area contributed by atoms with Crippen LogP contribution >= 0.6 is 0 Å². The first-order valence-corrected chi connectivity index (χ1v) is 6.62. The van der Waals surface area contributed by atoms with Crippen molar-refractivity contribution in [3.8, 4) is 0 Å². The fourth-order valence-corrected chi connectivity index (χ4v) is 3.60. The van der Waals surface area contributed by atoms with Gasteiger partial charge in [0.2, 0.25) is 0 Å². The van der Waals surface area contributed by atoms with E-state index in [2.05, 4.69) is 0 Å². The van der Waals surface area contributed by atoms with Gasteiger partial charge in [0.05, 0.1) is 0 Å². The van der Waals surface area contributed by atoms with E-state index in [9.17, 15) is 18.3 Å². The summed E-state index contributed by atoms with van der Waals surface area (Å²) in [4.78, 5) is 11.3. The van der Waals surface area contributed by atoms with Crippen LogP contribution < -0.4 is 0 Å². The molecule has 1 heterocycles. The molecule has 0 radical (unpaired) electrons. The number of aliphatic carboxylic acids is 1. The lowest BCUT2D eigenvalue weighted by Crippen LogP contribution is -2.55. The molecule has 16 heavy (non-hydrogen) atoms. The molecule has 0 amide bonds. The Kier molecular flexibility index (Phi) is 3.61. The topological polar surface area (TPSA) is 77.9 Å². The summed E-state index contributed by atoms with van der Waals surface area (Å²) in [5, 5.41) is 9.25. The third-order valence-corrected chi connectivity index (χ3v) is 5.16. The minimum absolute atomic E-state index is 0.278. The monoisotopic (exact) mass is 250 g/mol. The van der Waals surface area contributed by atoms with Gasteiger partial charge in [-0.1, -0.05) is 6.92 Å². The predicted octanol–water partition coefficient (Wildman–Crippen LogP) is 0.122. The fraction of sp³-hybridized carbons (Fsp3) is 0.889. The maximum atomic E-state index is 12.0. The summed E-state index contributed by atoms with van der Waals surface area (Å²) in [7, 11) is -0.830. The molecule has 7 heteroatoms. The van der Waals surface area contributed by atoms with Crippen LogP contribution in [-0.4, -0.2) is 54.3 Å². The van der Waals surface area contributed by atoms with Crippen LogP contribution in [0.4, 0.5) is 0 Å². The summed E-state index contributed by atoms with van der Waals surface area (Å²) in [5.41, 5.74) is -1.26. The first-order chi connectivity index (χ1) is 7.29. The van der Waals surface area contributed by atoms with Gasteiger partial charge < -0.3 is 5.11 Å². The van der Waals surface area contributed by atoms with Crippen molar-refractivity contribution in [3.05, 3.63) is 0 Å².